The first-order valence-corrected chi connectivity index (χ1v) is 11.6. The van der Waals surface area contributed by atoms with Crippen LogP contribution < -0.4 is 23.8 Å². The summed E-state index contributed by atoms with van der Waals surface area (Å²) in [7, 11) is 0.511. The molecule has 3 aromatic rings. The van der Waals surface area contributed by atoms with Gasteiger partial charge in [0.1, 0.15) is 5.75 Å². The second-order valence-electron chi connectivity index (χ2n) is 6.26. The maximum Gasteiger partial charge on any atom is 0.293 e. The van der Waals surface area contributed by atoms with E-state index in [9.17, 15) is 13.2 Å². The first-order valence-electron chi connectivity index (χ1n) is 9.37. The molecule has 0 aliphatic heterocycles. The lowest BCUT2D eigenvalue weighted by molar-refractivity contribution is 0.102. The Kier molecular flexibility index (Phi) is 7.15. The third-order valence-corrected chi connectivity index (χ3v) is 7.52. The third kappa shape index (κ3) is 4.75. The second-order valence-corrected chi connectivity index (χ2v) is 9.28. The van der Waals surface area contributed by atoms with Crippen molar-refractivity contribution in [1.82, 2.24) is 10.2 Å². The highest BCUT2D eigenvalue weighted by Gasteiger charge is 2.28. The molecule has 0 atom stereocenters. The standard InChI is InChI=1S/C20H22N4O6S2/c1-5-24(14-7-9-15(28-2)10-8-14)32(26,27)20-23-22-19(31-20)21-18(25)13-6-11-16(29-3)17(12-13)30-4/h6-12H,5H2,1-4H3,(H,21,22,25). The first kappa shape index (κ1) is 23.3. The van der Waals surface area contributed by atoms with E-state index in [1.54, 1.807) is 43.3 Å². The van der Waals surface area contributed by atoms with Crippen molar-refractivity contribution in [1.29, 1.82) is 0 Å². The average Bonchev–Trinajstić information content (AvgIpc) is 3.28. The first-order chi connectivity index (χ1) is 15.3. The lowest BCUT2D eigenvalue weighted by Gasteiger charge is -2.21. The van der Waals surface area contributed by atoms with Crippen molar-refractivity contribution in [2.24, 2.45) is 0 Å². The van der Waals surface area contributed by atoms with Crippen LogP contribution >= 0.6 is 11.3 Å². The summed E-state index contributed by atoms with van der Waals surface area (Å²) < 4.78 is 42.6. The van der Waals surface area contributed by atoms with E-state index in [0.717, 1.165) is 11.3 Å². The number of ether oxygens (including phenoxy) is 3. The molecule has 3 rings (SSSR count). The molecule has 2 aromatic carbocycles. The quantitative estimate of drug-likeness (QED) is 0.466. The van der Waals surface area contributed by atoms with Crippen LogP contribution in [-0.2, 0) is 10.0 Å². The number of hydrogen-bond donors (Lipinski definition) is 1. The molecule has 0 unspecified atom stereocenters. The van der Waals surface area contributed by atoms with Gasteiger partial charge in [-0.3, -0.25) is 14.4 Å². The Morgan fingerprint density at radius 3 is 2.28 bits per heavy atom. The van der Waals surface area contributed by atoms with Gasteiger partial charge in [0, 0.05) is 12.1 Å². The van der Waals surface area contributed by atoms with E-state index in [4.69, 9.17) is 14.2 Å². The van der Waals surface area contributed by atoms with E-state index >= 15 is 0 Å². The number of nitrogens with zero attached hydrogens (tertiary/aromatic N) is 3. The predicted molar refractivity (Wildman–Crippen MR) is 121 cm³/mol. The van der Waals surface area contributed by atoms with E-state index in [1.165, 1.54) is 31.7 Å². The molecule has 0 bridgehead atoms. The lowest BCUT2D eigenvalue weighted by Crippen LogP contribution is -2.30. The fourth-order valence-corrected chi connectivity index (χ4v) is 5.32. The zero-order valence-corrected chi connectivity index (χ0v) is 19.5. The van der Waals surface area contributed by atoms with Crippen LogP contribution in [0, 0.1) is 0 Å². The van der Waals surface area contributed by atoms with Crippen molar-refractivity contribution in [2.75, 3.05) is 37.5 Å². The number of hydrogen-bond acceptors (Lipinski definition) is 9. The number of sulfonamides is 1. The van der Waals surface area contributed by atoms with E-state index in [0.29, 0.717) is 22.9 Å². The van der Waals surface area contributed by atoms with Gasteiger partial charge in [-0.15, -0.1) is 10.2 Å². The smallest absolute Gasteiger partial charge is 0.293 e. The normalized spacial score (nSPS) is 11.0. The van der Waals surface area contributed by atoms with Gasteiger partial charge in [-0.2, -0.15) is 8.42 Å². The molecule has 0 radical (unpaired) electrons. The van der Waals surface area contributed by atoms with Crippen molar-refractivity contribution in [3.8, 4) is 17.2 Å². The molecular formula is C20H22N4O6S2. The number of methoxy groups -OCH3 is 3. The van der Waals surface area contributed by atoms with Crippen LogP contribution in [0.4, 0.5) is 10.8 Å². The summed E-state index contributed by atoms with van der Waals surface area (Å²) in [6.07, 6.45) is 0. The van der Waals surface area contributed by atoms with Crippen LogP contribution in [0.3, 0.4) is 0 Å². The Bertz CT molecular complexity index is 1200. The molecule has 0 fully saturated rings. The summed E-state index contributed by atoms with van der Waals surface area (Å²) in [5.74, 6) is 0.983. The molecule has 170 valence electrons. The zero-order chi connectivity index (χ0) is 23.3. The Labute approximate surface area is 189 Å². The van der Waals surface area contributed by atoms with Gasteiger partial charge in [0.05, 0.1) is 27.0 Å². The number of nitrogens with one attached hydrogen (secondary N) is 1. The number of aromatic nitrogens is 2. The fourth-order valence-electron chi connectivity index (χ4n) is 2.85. The molecule has 1 aromatic heterocycles. The summed E-state index contributed by atoms with van der Waals surface area (Å²) in [6, 6.07) is 11.3. The van der Waals surface area contributed by atoms with Gasteiger partial charge in [-0.1, -0.05) is 11.3 Å². The van der Waals surface area contributed by atoms with Crippen molar-refractivity contribution in [3.05, 3.63) is 48.0 Å². The number of rotatable bonds is 9. The van der Waals surface area contributed by atoms with Crippen molar-refractivity contribution in [3.63, 3.8) is 0 Å². The van der Waals surface area contributed by atoms with Gasteiger partial charge in [-0.05, 0) is 49.4 Å². The Morgan fingerprint density at radius 2 is 1.69 bits per heavy atom. The monoisotopic (exact) mass is 478 g/mol. The van der Waals surface area contributed by atoms with E-state index in [1.807, 2.05) is 0 Å². The van der Waals surface area contributed by atoms with Crippen molar-refractivity contribution < 1.29 is 27.4 Å². The molecule has 1 heterocycles. The van der Waals surface area contributed by atoms with Crippen LogP contribution in [0.25, 0.3) is 0 Å². The van der Waals surface area contributed by atoms with Gasteiger partial charge in [0.25, 0.3) is 20.3 Å². The second kappa shape index (κ2) is 9.83. The van der Waals surface area contributed by atoms with Crippen LogP contribution in [0.15, 0.2) is 46.8 Å². The molecule has 32 heavy (non-hydrogen) atoms. The highest BCUT2D eigenvalue weighted by molar-refractivity contribution is 7.94. The number of carbonyl (C=O) groups excluding carboxylic acids is 1. The number of anilines is 2. The molecule has 0 aliphatic rings. The van der Waals surface area contributed by atoms with Crippen LogP contribution in [-0.4, -0.2) is 52.4 Å². The largest absolute Gasteiger partial charge is 0.497 e. The number of benzene rings is 2. The third-order valence-electron chi connectivity index (χ3n) is 4.43. The minimum Gasteiger partial charge on any atom is -0.497 e. The van der Waals surface area contributed by atoms with Gasteiger partial charge in [0.15, 0.2) is 11.5 Å². The summed E-state index contributed by atoms with van der Waals surface area (Å²) in [6.45, 7) is 1.89. The summed E-state index contributed by atoms with van der Waals surface area (Å²) in [5, 5.41) is 10.2. The van der Waals surface area contributed by atoms with Crippen molar-refractivity contribution >= 4 is 38.1 Å². The minimum absolute atomic E-state index is 0.0501. The highest BCUT2D eigenvalue weighted by Crippen LogP contribution is 2.30. The summed E-state index contributed by atoms with van der Waals surface area (Å²) in [4.78, 5) is 12.6. The molecule has 1 N–H and O–H groups in total. The maximum absolute atomic E-state index is 13.1. The van der Waals surface area contributed by atoms with Crippen molar-refractivity contribution in [2.45, 2.75) is 11.3 Å². The molecule has 10 nitrogen and oxygen atoms in total. The Morgan fingerprint density at radius 1 is 1.00 bits per heavy atom. The molecule has 0 saturated carbocycles. The molecule has 0 aliphatic carbocycles. The number of amides is 1. The highest BCUT2D eigenvalue weighted by atomic mass is 32.2. The zero-order valence-electron chi connectivity index (χ0n) is 17.9. The minimum atomic E-state index is -3.97. The van der Waals surface area contributed by atoms with Crippen LogP contribution in [0.2, 0.25) is 0 Å². The van der Waals surface area contributed by atoms with Gasteiger partial charge < -0.3 is 14.2 Å². The maximum atomic E-state index is 13.1. The molecule has 0 spiro atoms. The SMILES string of the molecule is CCN(c1ccc(OC)cc1)S(=O)(=O)c1nnc(NC(=O)c2ccc(OC)c(OC)c2)s1. The Hall–Kier alpha value is -3.38. The number of carbonyl (C=O) groups is 1. The summed E-state index contributed by atoms with van der Waals surface area (Å²) >= 11 is 0.762. The van der Waals surface area contributed by atoms with Gasteiger partial charge >= 0.3 is 0 Å². The Balaban J connectivity index is 1.81. The predicted octanol–water partition coefficient (Wildman–Crippen LogP) is 3.03. The van der Waals surface area contributed by atoms with Crippen LogP contribution in [0.1, 0.15) is 17.3 Å². The van der Waals surface area contributed by atoms with E-state index < -0.39 is 15.9 Å². The fraction of sp³-hybridized carbons (Fsp3) is 0.250. The summed E-state index contributed by atoms with van der Waals surface area (Å²) in [5.41, 5.74) is 0.745. The molecular weight excluding hydrogens is 456 g/mol. The lowest BCUT2D eigenvalue weighted by atomic mass is 10.2. The average molecular weight is 479 g/mol. The van der Waals surface area contributed by atoms with E-state index in [2.05, 4.69) is 15.5 Å². The molecule has 12 heteroatoms. The van der Waals surface area contributed by atoms with Crippen LogP contribution in [0.5, 0.6) is 17.2 Å². The van der Waals surface area contributed by atoms with E-state index in [-0.39, 0.29) is 21.6 Å². The van der Waals surface area contributed by atoms with Gasteiger partial charge in [0.2, 0.25) is 5.13 Å². The topological polar surface area (TPSA) is 120 Å². The molecule has 1 amide bonds. The molecule has 0 saturated heterocycles. The van der Waals surface area contributed by atoms with Gasteiger partial charge in [-0.25, -0.2) is 0 Å².